The number of piperidine rings is 1. The average Bonchev–Trinajstić information content (AvgIpc) is 2.39. The lowest BCUT2D eigenvalue weighted by Gasteiger charge is -2.36. The van der Waals surface area contributed by atoms with E-state index in [9.17, 15) is 9.90 Å². The highest BCUT2D eigenvalue weighted by Crippen LogP contribution is 2.24. The first-order valence-corrected chi connectivity index (χ1v) is 7.92. The van der Waals surface area contributed by atoms with Crippen LogP contribution in [0.5, 0.6) is 5.75 Å². The number of nitrogens with zero attached hydrogens (tertiary/aromatic N) is 1. The lowest BCUT2D eigenvalue weighted by atomic mass is 9.98. The minimum Gasteiger partial charge on any atom is -0.508 e. The third kappa shape index (κ3) is 3.30. The standard InChI is InChI=1S/C15H20BrNO2/c1-11-10-13(18)5-6-14(11)15(19)17-9-3-2-4-12(17)7-8-16/h5-6,10,12,18H,2-4,7-9H2,1H3. The van der Waals surface area contributed by atoms with Crippen molar-refractivity contribution in [3.8, 4) is 5.75 Å². The normalized spacial score (nSPS) is 19.5. The molecule has 4 heteroatoms. The first-order chi connectivity index (χ1) is 9.13. The van der Waals surface area contributed by atoms with Gasteiger partial charge in [-0.2, -0.15) is 0 Å². The van der Waals surface area contributed by atoms with Crippen LogP contribution in [0.25, 0.3) is 0 Å². The topological polar surface area (TPSA) is 40.5 Å². The number of rotatable bonds is 3. The Hall–Kier alpha value is -1.03. The highest BCUT2D eigenvalue weighted by atomic mass is 79.9. The van der Waals surface area contributed by atoms with Gasteiger partial charge >= 0.3 is 0 Å². The predicted molar refractivity (Wildman–Crippen MR) is 79.9 cm³/mol. The lowest BCUT2D eigenvalue weighted by molar-refractivity contribution is 0.0609. The summed E-state index contributed by atoms with van der Waals surface area (Å²) in [6.07, 6.45) is 4.38. The summed E-state index contributed by atoms with van der Waals surface area (Å²) in [7, 11) is 0. The van der Waals surface area contributed by atoms with E-state index >= 15 is 0 Å². The molecule has 1 N–H and O–H groups in total. The van der Waals surface area contributed by atoms with E-state index in [0.717, 1.165) is 36.7 Å². The Bertz CT molecular complexity index is 459. The molecular formula is C15H20BrNO2. The van der Waals surface area contributed by atoms with Crippen LogP contribution in [-0.4, -0.2) is 33.8 Å². The van der Waals surface area contributed by atoms with Gasteiger partial charge in [0.2, 0.25) is 0 Å². The number of aromatic hydroxyl groups is 1. The van der Waals surface area contributed by atoms with Gasteiger partial charge in [0, 0.05) is 23.5 Å². The molecule has 1 saturated heterocycles. The molecule has 0 spiro atoms. The zero-order chi connectivity index (χ0) is 13.8. The zero-order valence-corrected chi connectivity index (χ0v) is 12.8. The summed E-state index contributed by atoms with van der Waals surface area (Å²) in [5, 5.41) is 10.4. The molecule has 1 aromatic carbocycles. The highest BCUT2D eigenvalue weighted by molar-refractivity contribution is 9.09. The second-order valence-electron chi connectivity index (χ2n) is 5.13. The van der Waals surface area contributed by atoms with E-state index in [4.69, 9.17) is 0 Å². The van der Waals surface area contributed by atoms with Gasteiger partial charge in [-0.25, -0.2) is 0 Å². The number of aryl methyl sites for hydroxylation is 1. The van der Waals surface area contributed by atoms with Gasteiger partial charge in [-0.05, 0) is 56.4 Å². The van der Waals surface area contributed by atoms with Gasteiger partial charge < -0.3 is 10.0 Å². The molecule has 1 amide bonds. The number of likely N-dealkylation sites (tertiary alicyclic amines) is 1. The second kappa shape index (κ2) is 6.42. The van der Waals surface area contributed by atoms with Crippen molar-refractivity contribution in [2.24, 2.45) is 0 Å². The van der Waals surface area contributed by atoms with Crippen molar-refractivity contribution in [3.63, 3.8) is 0 Å². The van der Waals surface area contributed by atoms with Crippen LogP contribution < -0.4 is 0 Å². The number of phenolic OH excluding ortho intramolecular Hbond substituents is 1. The Morgan fingerprint density at radius 3 is 2.95 bits per heavy atom. The SMILES string of the molecule is Cc1cc(O)ccc1C(=O)N1CCCCC1CCBr. The fourth-order valence-corrected chi connectivity index (χ4v) is 3.27. The Morgan fingerprint density at radius 1 is 1.47 bits per heavy atom. The van der Waals surface area contributed by atoms with E-state index in [2.05, 4.69) is 15.9 Å². The van der Waals surface area contributed by atoms with Crippen LogP contribution in [0.15, 0.2) is 18.2 Å². The Morgan fingerprint density at radius 2 is 2.26 bits per heavy atom. The fraction of sp³-hybridized carbons (Fsp3) is 0.533. The number of carbonyl (C=O) groups is 1. The number of alkyl halides is 1. The Labute approximate surface area is 122 Å². The molecule has 0 radical (unpaired) electrons. The molecule has 1 heterocycles. The fourth-order valence-electron chi connectivity index (χ4n) is 2.74. The Balaban J connectivity index is 2.21. The minimum absolute atomic E-state index is 0.100. The molecule has 1 atom stereocenters. The van der Waals surface area contributed by atoms with Crippen molar-refractivity contribution in [2.45, 2.75) is 38.6 Å². The summed E-state index contributed by atoms with van der Waals surface area (Å²) < 4.78 is 0. The van der Waals surface area contributed by atoms with Crippen LogP contribution in [0.2, 0.25) is 0 Å². The molecule has 104 valence electrons. The maximum atomic E-state index is 12.6. The number of amides is 1. The summed E-state index contributed by atoms with van der Waals surface area (Å²) in [5.74, 6) is 0.313. The smallest absolute Gasteiger partial charge is 0.254 e. The molecular weight excluding hydrogens is 306 g/mol. The molecule has 1 unspecified atom stereocenters. The number of hydrogen-bond donors (Lipinski definition) is 1. The predicted octanol–water partition coefficient (Wildman–Crippen LogP) is 3.48. The van der Waals surface area contributed by atoms with E-state index in [1.54, 1.807) is 18.2 Å². The summed E-state index contributed by atoms with van der Waals surface area (Å²) in [4.78, 5) is 14.7. The van der Waals surface area contributed by atoms with Crippen LogP contribution >= 0.6 is 15.9 Å². The maximum absolute atomic E-state index is 12.6. The van der Waals surface area contributed by atoms with Crippen LogP contribution in [0.3, 0.4) is 0 Å². The molecule has 0 aromatic heterocycles. The van der Waals surface area contributed by atoms with Gasteiger partial charge in [0.05, 0.1) is 0 Å². The van der Waals surface area contributed by atoms with Crippen molar-refractivity contribution in [3.05, 3.63) is 29.3 Å². The van der Waals surface area contributed by atoms with Crippen LogP contribution in [0.1, 0.15) is 41.6 Å². The monoisotopic (exact) mass is 325 g/mol. The van der Waals surface area contributed by atoms with E-state index in [-0.39, 0.29) is 11.7 Å². The maximum Gasteiger partial charge on any atom is 0.254 e. The van der Waals surface area contributed by atoms with Crippen molar-refractivity contribution in [1.29, 1.82) is 0 Å². The molecule has 1 fully saturated rings. The number of benzene rings is 1. The quantitative estimate of drug-likeness (QED) is 0.864. The molecule has 19 heavy (non-hydrogen) atoms. The van der Waals surface area contributed by atoms with Gasteiger partial charge in [-0.15, -0.1) is 0 Å². The third-order valence-corrected chi connectivity index (χ3v) is 4.23. The largest absolute Gasteiger partial charge is 0.508 e. The van der Waals surface area contributed by atoms with E-state index in [1.807, 2.05) is 11.8 Å². The van der Waals surface area contributed by atoms with Gasteiger partial charge in [0.15, 0.2) is 0 Å². The molecule has 3 nitrogen and oxygen atoms in total. The number of halogens is 1. The van der Waals surface area contributed by atoms with Gasteiger partial charge in [-0.3, -0.25) is 4.79 Å². The molecule has 1 aromatic rings. The van der Waals surface area contributed by atoms with Crippen molar-refractivity contribution in [2.75, 3.05) is 11.9 Å². The van der Waals surface area contributed by atoms with E-state index in [0.29, 0.717) is 11.6 Å². The molecule has 0 aliphatic carbocycles. The van der Waals surface area contributed by atoms with Crippen molar-refractivity contribution in [1.82, 2.24) is 4.90 Å². The van der Waals surface area contributed by atoms with Crippen LogP contribution in [-0.2, 0) is 0 Å². The van der Waals surface area contributed by atoms with Crippen molar-refractivity contribution >= 4 is 21.8 Å². The zero-order valence-electron chi connectivity index (χ0n) is 11.2. The number of carbonyl (C=O) groups excluding carboxylic acids is 1. The molecule has 2 rings (SSSR count). The summed E-state index contributed by atoms with van der Waals surface area (Å²) in [5.41, 5.74) is 1.55. The number of hydrogen-bond acceptors (Lipinski definition) is 2. The van der Waals surface area contributed by atoms with E-state index in [1.165, 1.54) is 6.42 Å². The minimum atomic E-state index is 0.100. The third-order valence-electron chi connectivity index (χ3n) is 3.77. The first kappa shape index (κ1) is 14.4. The number of phenols is 1. The molecule has 0 saturated carbocycles. The van der Waals surface area contributed by atoms with Gasteiger partial charge in [0.1, 0.15) is 5.75 Å². The van der Waals surface area contributed by atoms with Crippen LogP contribution in [0, 0.1) is 6.92 Å². The van der Waals surface area contributed by atoms with Gasteiger partial charge in [-0.1, -0.05) is 15.9 Å². The summed E-state index contributed by atoms with van der Waals surface area (Å²) in [6, 6.07) is 5.31. The summed E-state index contributed by atoms with van der Waals surface area (Å²) in [6.45, 7) is 2.72. The second-order valence-corrected chi connectivity index (χ2v) is 5.92. The Kier molecular flexibility index (Phi) is 4.86. The molecule has 1 aliphatic heterocycles. The molecule has 1 aliphatic rings. The van der Waals surface area contributed by atoms with E-state index < -0.39 is 0 Å². The lowest BCUT2D eigenvalue weighted by Crippen LogP contribution is -2.44. The van der Waals surface area contributed by atoms with Gasteiger partial charge in [0.25, 0.3) is 5.91 Å². The average molecular weight is 326 g/mol. The first-order valence-electron chi connectivity index (χ1n) is 6.80. The summed E-state index contributed by atoms with van der Waals surface area (Å²) >= 11 is 3.47. The van der Waals surface area contributed by atoms with Crippen LogP contribution in [0.4, 0.5) is 0 Å². The highest BCUT2D eigenvalue weighted by Gasteiger charge is 2.27. The van der Waals surface area contributed by atoms with Crippen molar-refractivity contribution < 1.29 is 9.90 Å². The molecule has 0 bridgehead atoms.